The molecule has 0 aliphatic heterocycles. The van der Waals surface area contributed by atoms with Crippen molar-refractivity contribution in [3.8, 4) is 11.8 Å². The summed E-state index contributed by atoms with van der Waals surface area (Å²) in [6.07, 6.45) is 2.80. The number of hydrogen-bond acceptors (Lipinski definition) is 2. The van der Waals surface area contributed by atoms with E-state index in [1.807, 2.05) is 54.3 Å². The van der Waals surface area contributed by atoms with Crippen LogP contribution < -0.4 is 5.32 Å². The van der Waals surface area contributed by atoms with Crippen LogP contribution in [-0.4, -0.2) is 22.9 Å². The summed E-state index contributed by atoms with van der Waals surface area (Å²) < 4.78 is 1.90. The first-order valence-electron chi connectivity index (χ1n) is 6.08. The molecule has 0 spiro atoms. The Hall–Kier alpha value is -2.05. The van der Waals surface area contributed by atoms with Gasteiger partial charge in [-0.2, -0.15) is 5.10 Å². The van der Waals surface area contributed by atoms with Gasteiger partial charge in [-0.05, 0) is 18.2 Å². The molecule has 1 N–H and O–H groups in total. The second-order valence-corrected chi connectivity index (χ2v) is 4.04. The van der Waals surface area contributed by atoms with E-state index in [1.165, 1.54) is 5.69 Å². The summed E-state index contributed by atoms with van der Waals surface area (Å²) >= 11 is 0. The smallest absolute Gasteiger partial charge is 0.0580 e. The molecule has 1 heterocycles. The quantitative estimate of drug-likeness (QED) is 0.649. The fourth-order valence-corrected chi connectivity index (χ4v) is 1.68. The Kier molecular flexibility index (Phi) is 4.57. The molecule has 0 saturated carbocycles. The van der Waals surface area contributed by atoms with Gasteiger partial charge in [0, 0.05) is 37.5 Å². The molecule has 2 aromatic rings. The van der Waals surface area contributed by atoms with Crippen LogP contribution in [0.25, 0.3) is 0 Å². The summed E-state index contributed by atoms with van der Waals surface area (Å²) in [7, 11) is 1.96. The Morgan fingerprint density at radius 2 is 2.06 bits per heavy atom. The Morgan fingerprint density at radius 3 is 2.78 bits per heavy atom. The van der Waals surface area contributed by atoms with Gasteiger partial charge in [-0.3, -0.25) is 4.68 Å². The number of hydrogen-bond donors (Lipinski definition) is 1. The zero-order chi connectivity index (χ0) is 12.6. The number of aryl methyl sites for hydroxylation is 1. The summed E-state index contributed by atoms with van der Waals surface area (Å²) in [5.41, 5.74) is 2.30. The summed E-state index contributed by atoms with van der Waals surface area (Å²) in [5.74, 6) is 6.23. The van der Waals surface area contributed by atoms with Crippen LogP contribution in [0.5, 0.6) is 0 Å². The maximum Gasteiger partial charge on any atom is 0.0580 e. The molecular weight excluding hydrogens is 222 g/mol. The van der Waals surface area contributed by atoms with Crippen LogP contribution in [0.15, 0.2) is 42.6 Å². The van der Waals surface area contributed by atoms with Gasteiger partial charge in [0.15, 0.2) is 0 Å². The first-order valence-corrected chi connectivity index (χ1v) is 6.08. The van der Waals surface area contributed by atoms with Gasteiger partial charge in [0.1, 0.15) is 0 Å². The highest BCUT2D eigenvalue weighted by Crippen LogP contribution is 1.96. The molecule has 0 atom stereocenters. The number of rotatable bonds is 4. The van der Waals surface area contributed by atoms with Crippen molar-refractivity contribution in [1.29, 1.82) is 0 Å². The Bertz CT molecular complexity index is 532. The molecule has 0 bridgehead atoms. The van der Waals surface area contributed by atoms with Crippen molar-refractivity contribution in [2.75, 3.05) is 13.1 Å². The molecular formula is C15H17N3. The van der Waals surface area contributed by atoms with Crippen molar-refractivity contribution < 1.29 is 0 Å². The molecule has 0 radical (unpaired) electrons. The molecule has 0 amide bonds. The molecule has 0 fully saturated rings. The van der Waals surface area contributed by atoms with E-state index < -0.39 is 0 Å². The van der Waals surface area contributed by atoms with Crippen LogP contribution in [0.2, 0.25) is 0 Å². The molecule has 1 aromatic heterocycles. The van der Waals surface area contributed by atoms with Crippen molar-refractivity contribution in [2.45, 2.75) is 6.42 Å². The van der Waals surface area contributed by atoms with Crippen LogP contribution in [-0.2, 0) is 13.5 Å². The predicted octanol–water partition coefficient (Wildman–Crippen LogP) is 1.60. The average Bonchev–Trinajstić information content (AvgIpc) is 2.81. The minimum atomic E-state index is 0.715. The normalized spacial score (nSPS) is 9.83. The van der Waals surface area contributed by atoms with Gasteiger partial charge in [-0.15, -0.1) is 0 Å². The SMILES string of the molecule is Cn1nccc1CCNCC#Cc1ccccc1. The van der Waals surface area contributed by atoms with Gasteiger partial charge in [-0.1, -0.05) is 30.0 Å². The Labute approximate surface area is 108 Å². The standard InChI is InChI=1S/C15H17N3/c1-18-15(10-13-17-18)9-12-16-11-5-8-14-6-3-2-4-7-14/h2-4,6-7,10,13,16H,9,11-12H2,1H3. The van der Waals surface area contributed by atoms with E-state index in [4.69, 9.17) is 0 Å². The minimum Gasteiger partial charge on any atom is -0.306 e. The van der Waals surface area contributed by atoms with E-state index in [-0.39, 0.29) is 0 Å². The van der Waals surface area contributed by atoms with Gasteiger partial charge in [-0.25, -0.2) is 0 Å². The maximum absolute atomic E-state index is 4.13. The highest BCUT2D eigenvalue weighted by Gasteiger charge is 1.96. The van der Waals surface area contributed by atoms with Crippen LogP contribution in [0.3, 0.4) is 0 Å². The van der Waals surface area contributed by atoms with E-state index in [0.29, 0.717) is 6.54 Å². The topological polar surface area (TPSA) is 29.9 Å². The molecule has 0 aliphatic rings. The van der Waals surface area contributed by atoms with E-state index in [1.54, 1.807) is 0 Å². The lowest BCUT2D eigenvalue weighted by molar-refractivity contribution is 0.671. The molecule has 2 rings (SSSR count). The van der Waals surface area contributed by atoms with Gasteiger partial charge in [0.25, 0.3) is 0 Å². The summed E-state index contributed by atoms with van der Waals surface area (Å²) in [5, 5.41) is 7.44. The van der Waals surface area contributed by atoms with Gasteiger partial charge >= 0.3 is 0 Å². The highest BCUT2D eigenvalue weighted by atomic mass is 15.3. The second kappa shape index (κ2) is 6.63. The molecule has 0 aliphatic carbocycles. The number of aromatic nitrogens is 2. The molecule has 18 heavy (non-hydrogen) atoms. The first kappa shape index (κ1) is 12.4. The van der Waals surface area contributed by atoms with Crippen LogP contribution in [0.1, 0.15) is 11.3 Å². The molecule has 0 unspecified atom stereocenters. The molecule has 92 valence electrons. The fourth-order valence-electron chi connectivity index (χ4n) is 1.68. The number of nitrogens with zero attached hydrogens (tertiary/aromatic N) is 2. The van der Waals surface area contributed by atoms with Crippen LogP contribution in [0, 0.1) is 11.8 Å². The monoisotopic (exact) mass is 239 g/mol. The van der Waals surface area contributed by atoms with E-state index >= 15 is 0 Å². The zero-order valence-electron chi connectivity index (χ0n) is 10.6. The van der Waals surface area contributed by atoms with E-state index in [0.717, 1.165) is 18.5 Å². The summed E-state index contributed by atoms with van der Waals surface area (Å²) in [6, 6.07) is 12.1. The lowest BCUT2D eigenvalue weighted by Crippen LogP contribution is -2.18. The average molecular weight is 239 g/mol. The number of benzene rings is 1. The van der Waals surface area contributed by atoms with Gasteiger partial charge in [0.2, 0.25) is 0 Å². The summed E-state index contributed by atoms with van der Waals surface area (Å²) in [4.78, 5) is 0. The van der Waals surface area contributed by atoms with Crippen molar-refractivity contribution in [2.24, 2.45) is 7.05 Å². The van der Waals surface area contributed by atoms with Crippen LogP contribution in [0.4, 0.5) is 0 Å². The highest BCUT2D eigenvalue weighted by molar-refractivity contribution is 5.33. The second-order valence-electron chi connectivity index (χ2n) is 4.04. The third kappa shape index (κ3) is 3.76. The van der Waals surface area contributed by atoms with Crippen molar-refractivity contribution in [1.82, 2.24) is 15.1 Å². The molecule has 0 saturated heterocycles. The van der Waals surface area contributed by atoms with Gasteiger partial charge in [0.05, 0.1) is 6.54 Å². The lowest BCUT2D eigenvalue weighted by Gasteiger charge is -2.01. The molecule has 3 nitrogen and oxygen atoms in total. The Balaban J connectivity index is 1.68. The third-order valence-corrected chi connectivity index (χ3v) is 2.70. The lowest BCUT2D eigenvalue weighted by atomic mass is 10.2. The van der Waals surface area contributed by atoms with E-state index in [2.05, 4.69) is 22.3 Å². The van der Waals surface area contributed by atoms with Crippen molar-refractivity contribution in [3.05, 3.63) is 53.9 Å². The largest absolute Gasteiger partial charge is 0.306 e. The third-order valence-electron chi connectivity index (χ3n) is 2.70. The van der Waals surface area contributed by atoms with Crippen molar-refractivity contribution >= 4 is 0 Å². The van der Waals surface area contributed by atoms with Crippen LogP contribution >= 0.6 is 0 Å². The minimum absolute atomic E-state index is 0.715. The number of nitrogens with one attached hydrogen (secondary N) is 1. The molecule has 1 aromatic carbocycles. The van der Waals surface area contributed by atoms with E-state index in [9.17, 15) is 0 Å². The van der Waals surface area contributed by atoms with Crippen molar-refractivity contribution in [3.63, 3.8) is 0 Å². The molecule has 3 heteroatoms. The predicted molar refractivity (Wildman–Crippen MR) is 73.1 cm³/mol. The fraction of sp³-hybridized carbons (Fsp3) is 0.267. The zero-order valence-corrected chi connectivity index (χ0v) is 10.6. The first-order chi connectivity index (χ1) is 8.86. The summed E-state index contributed by atoms with van der Waals surface area (Å²) in [6.45, 7) is 1.63. The van der Waals surface area contributed by atoms with Gasteiger partial charge < -0.3 is 5.32 Å². The Morgan fingerprint density at radius 1 is 1.22 bits per heavy atom. The maximum atomic E-state index is 4.13.